The van der Waals surface area contributed by atoms with Gasteiger partial charge < -0.3 is 4.57 Å². The van der Waals surface area contributed by atoms with Gasteiger partial charge in [0.2, 0.25) is 0 Å². The fourth-order valence-corrected chi connectivity index (χ4v) is 3.14. The van der Waals surface area contributed by atoms with Crippen LogP contribution in [-0.2, 0) is 7.05 Å². The third-order valence-corrected chi connectivity index (χ3v) is 3.95. The molecule has 0 fully saturated rings. The molecule has 0 spiro atoms. The van der Waals surface area contributed by atoms with Crippen LogP contribution < -0.4 is 5.43 Å². The molecule has 0 aliphatic heterocycles. The lowest BCUT2D eigenvalue weighted by atomic mass is 10.1. The molecule has 0 aliphatic rings. The van der Waals surface area contributed by atoms with Crippen molar-refractivity contribution in [3.8, 4) is 0 Å². The first-order valence-corrected chi connectivity index (χ1v) is 6.65. The van der Waals surface area contributed by atoms with Crippen LogP contribution in [0.5, 0.6) is 0 Å². The zero-order valence-electron chi connectivity index (χ0n) is 10.5. The highest BCUT2D eigenvalue weighted by Gasteiger charge is 2.16. The van der Waals surface area contributed by atoms with E-state index in [0.717, 1.165) is 5.52 Å². The molecular weight excluding hydrogens is 324 g/mol. The topological polar surface area (TPSA) is 65.1 Å². The Bertz CT molecular complexity index is 931. The van der Waals surface area contributed by atoms with E-state index < -0.39 is 4.92 Å². The Morgan fingerprint density at radius 2 is 1.90 bits per heavy atom. The summed E-state index contributed by atoms with van der Waals surface area (Å²) in [6.07, 6.45) is 0. The lowest BCUT2D eigenvalue weighted by Gasteiger charge is -2.11. The maximum atomic E-state index is 12.5. The number of benzene rings is 2. The molecule has 0 unspecified atom stereocenters. The van der Waals surface area contributed by atoms with E-state index in [4.69, 9.17) is 0 Å². The van der Waals surface area contributed by atoms with Gasteiger partial charge in [-0.3, -0.25) is 14.9 Å². The molecule has 6 heteroatoms. The van der Waals surface area contributed by atoms with Crippen molar-refractivity contribution in [2.24, 2.45) is 7.05 Å². The van der Waals surface area contributed by atoms with Crippen molar-refractivity contribution in [3.63, 3.8) is 0 Å². The van der Waals surface area contributed by atoms with Crippen LogP contribution in [0, 0.1) is 10.1 Å². The number of nitro benzene ring substituents is 1. The second kappa shape index (κ2) is 4.42. The number of para-hydroxylation sites is 1. The number of halogens is 1. The first-order valence-electron chi connectivity index (χ1n) is 5.86. The summed E-state index contributed by atoms with van der Waals surface area (Å²) in [5.41, 5.74) is 1.15. The lowest BCUT2D eigenvalue weighted by Crippen LogP contribution is -2.10. The van der Waals surface area contributed by atoms with Crippen LogP contribution in [0.3, 0.4) is 0 Å². The number of hydrogen-bond acceptors (Lipinski definition) is 3. The first kappa shape index (κ1) is 12.8. The molecule has 0 aliphatic carbocycles. The Balaban J connectivity index is 2.63. The molecule has 5 nitrogen and oxygen atoms in total. The number of fused-ring (bicyclic) bond motifs is 2. The molecule has 0 bridgehead atoms. The van der Waals surface area contributed by atoms with Crippen LogP contribution >= 0.6 is 15.9 Å². The van der Waals surface area contributed by atoms with E-state index in [1.54, 1.807) is 12.1 Å². The van der Waals surface area contributed by atoms with Gasteiger partial charge in [0.15, 0.2) is 5.43 Å². The predicted octanol–water partition coefficient (Wildman–Crippen LogP) is 3.36. The predicted molar refractivity (Wildman–Crippen MR) is 81.0 cm³/mol. The number of hydrogen-bond donors (Lipinski definition) is 0. The number of nitrogens with zero attached hydrogens (tertiary/aromatic N) is 2. The maximum Gasteiger partial charge on any atom is 0.271 e. The highest BCUT2D eigenvalue weighted by Crippen LogP contribution is 2.29. The standard InChI is InChI=1S/C14H9BrN2O3/c1-16-12-5-3-2-4-9(12)14(18)10-6-8(17(19)20)7-11(15)13(10)16/h2-7H,1H3. The van der Waals surface area contributed by atoms with Crippen molar-refractivity contribution in [3.05, 3.63) is 61.2 Å². The summed E-state index contributed by atoms with van der Waals surface area (Å²) in [7, 11) is 1.83. The summed E-state index contributed by atoms with van der Waals surface area (Å²) >= 11 is 3.32. The molecule has 2 aromatic carbocycles. The Morgan fingerprint density at radius 3 is 2.60 bits per heavy atom. The Morgan fingerprint density at radius 1 is 1.20 bits per heavy atom. The number of aromatic nitrogens is 1. The molecule has 100 valence electrons. The van der Waals surface area contributed by atoms with Crippen molar-refractivity contribution >= 4 is 43.4 Å². The van der Waals surface area contributed by atoms with Crippen LogP contribution in [0.15, 0.2) is 45.7 Å². The fourth-order valence-electron chi connectivity index (χ4n) is 2.43. The molecule has 0 radical (unpaired) electrons. The van der Waals surface area contributed by atoms with Crippen molar-refractivity contribution < 1.29 is 4.92 Å². The number of nitro groups is 1. The molecule has 0 saturated heterocycles. The molecule has 1 aromatic heterocycles. The SMILES string of the molecule is Cn1c2ccccc2c(=O)c2cc([N+](=O)[O-])cc(Br)c21. The Labute approximate surface area is 121 Å². The summed E-state index contributed by atoms with van der Waals surface area (Å²) in [6.45, 7) is 0. The zero-order chi connectivity index (χ0) is 14.4. The van der Waals surface area contributed by atoms with Crippen molar-refractivity contribution in [1.82, 2.24) is 4.57 Å². The van der Waals surface area contributed by atoms with Gasteiger partial charge in [-0.25, -0.2) is 0 Å². The quantitative estimate of drug-likeness (QED) is 0.390. The molecule has 1 heterocycles. The number of aryl methyl sites for hydroxylation is 1. The van der Waals surface area contributed by atoms with Crippen molar-refractivity contribution in [2.75, 3.05) is 0 Å². The monoisotopic (exact) mass is 332 g/mol. The number of pyridine rings is 1. The average Bonchev–Trinajstić information content (AvgIpc) is 2.44. The number of non-ortho nitro benzene ring substituents is 1. The van der Waals surface area contributed by atoms with Gasteiger partial charge in [0.05, 0.1) is 21.3 Å². The highest BCUT2D eigenvalue weighted by molar-refractivity contribution is 9.10. The number of rotatable bonds is 1. The summed E-state index contributed by atoms with van der Waals surface area (Å²) in [6, 6.07) is 9.95. The molecule has 0 atom stereocenters. The minimum atomic E-state index is -0.501. The third kappa shape index (κ3) is 1.72. The Hall–Kier alpha value is -2.21. The van der Waals surface area contributed by atoms with Crippen molar-refractivity contribution in [1.29, 1.82) is 0 Å². The molecule has 0 N–H and O–H groups in total. The normalized spacial score (nSPS) is 11.1. The van der Waals surface area contributed by atoms with Gasteiger partial charge in [0.25, 0.3) is 5.69 Å². The van der Waals surface area contributed by atoms with Gasteiger partial charge in [-0.1, -0.05) is 12.1 Å². The lowest BCUT2D eigenvalue weighted by molar-refractivity contribution is -0.384. The molecule has 0 saturated carbocycles. The second-order valence-corrected chi connectivity index (χ2v) is 5.34. The molecule has 20 heavy (non-hydrogen) atoms. The molecule has 0 amide bonds. The van der Waals surface area contributed by atoms with E-state index in [1.165, 1.54) is 12.1 Å². The van der Waals surface area contributed by atoms with Gasteiger partial charge in [-0.15, -0.1) is 0 Å². The van der Waals surface area contributed by atoms with E-state index in [-0.39, 0.29) is 11.1 Å². The molecule has 3 rings (SSSR count). The summed E-state index contributed by atoms with van der Waals surface area (Å²) in [4.78, 5) is 22.9. The summed E-state index contributed by atoms with van der Waals surface area (Å²) in [5.74, 6) is 0. The van der Waals surface area contributed by atoms with E-state index in [9.17, 15) is 14.9 Å². The van der Waals surface area contributed by atoms with Gasteiger partial charge in [-0.05, 0) is 28.1 Å². The van der Waals surface area contributed by atoms with Crippen LogP contribution in [0.4, 0.5) is 5.69 Å². The van der Waals surface area contributed by atoms with Gasteiger partial charge in [-0.2, -0.15) is 0 Å². The Kier molecular flexibility index (Phi) is 2.83. The first-order chi connectivity index (χ1) is 9.50. The van der Waals surface area contributed by atoms with Gasteiger partial charge in [0, 0.05) is 29.0 Å². The van der Waals surface area contributed by atoms with E-state index in [1.807, 2.05) is 23.7 Å². The highest BCUT2D eigenvalue weighted by atomic mass is 79.9. The largest absolute Gasteiger partial charge is 0.342 e. The average molecular weight is 333 g/mol. The van der Waals surface area contributed by atoms with E-state index in [0.29, 0.717) is 20.8 Å². The van der Waals surface area contributed by atoms with E-state index in [2.05, 4.69) is 15.9 Å². The van der Waals surface area contributed by atoms with Gasteiger partial charge >= 0.3 is 0 Å². The summed E-state index contributed by atoms with van der Waals surface area (Å²) < 4.78 is 2.40. The fraction of sp³-hybridized carbons (Fsp3) is 0.0714. The third-order valence-electron chi connectivity index (χ3n) is 3.35. The second-order valence-electron chi connectivity index (χ2n) is 4.49. The van der Waals surface area contributed by atoms with Gasteiger partial charge in [0.1, 0.15) is 0 Å². The zero-order valence-corrected chi connectivity index (χ0v) is 12.0. The van der Waals surface area contributed by atoms with Crippen molar-refractivity contribution in [2.45, 2.75) is 0 Å². The summed E-state index contributed by atoms with van der Waals surface area (Å²) in [5, 5.41) is 11.8. The van der Waals surface area contributed by atoms with Crippen LogP contribution in [0.2, 0.25) is 0 Å². The van der Waals surface area contributed by atoms with Crippen LogP contribution in [0.1, 0.15) is 0 Å². The van der Waals surface area contributed by atoms with Crippen LogP contribution in [0.25, 0.3) is 21.8 Å². The molecular formula is C14H9BrN2O3. The van der Waals surface area contributed by atoms with Crippen LogP contribution in [-0.4, -0.2) is 9.49 Å². The minimum absolute atomic E-state index is 0.100. The minimum Gasteiger partial charge on any atom is -0.342 e. The maximum absolute atomic E-state index is 12.5. The molecule has 3 aromatic rings. The smallest absolute Gasteiger partial charge is 0.271 e. The van der Waals surface area contributed by atoms with E-state index >= 15 is 0 Å².